The van der Waals surface area contributed by atoms with Crippen molar-refractivity contribution >= 4 is 16.6 Å². The Balaban J connectivity index is 2.11. The number of hydrogen-bond acceptors (Lipinski definition) is 3. The fraction of sp³-hybridized carbons (Fsp3) is 0.250. The van der Waals surface area contributed by atoms with Gasteiger partial charge < -0.3 is 10.0 Å². The van der Waals surface area contributed by atoms with Gasteiger partial charge in [-0.3, -0.25) is 4.98 Å². The van der Waals surface area contributed by atoms with Crippen molar-refractivity contribution in [2.75, 3.05) is 18.0 Å². The zero-order chi connectivity index (χ0) is 11.1. The first kappa shape index (κ1) is 9.54. The van der Waals surface area contributed by atoms with Crippen molar-refractivity contribution in [3.63, 3.8) is 0 Å². The summed E-state index contributed by atoms with van der Waals surface area (Å²) in [7, 11) is 0. The van der Waals surface area contributed by atoms with E-state index in [0.29, 0.717) is 18.6 Å². The highest BCUT2D eigenvalue weighted by atomic mass is 19.1. The number of aromatic nitrogens is 1. The van der Waals surface area contributed by atoms with Crippen LogP contribution in [0.4, 0.5) is 10.1 Å². The number of pyridine rings is 1. The molecule has 16 heavy (non-hydrogen) atoms. The molecular weight excluding hydrogens is 207 g/mol. The Bertz CT molecular complexity index is 538. The van der Waals surface area contributed by atoms with Crippen LogP contribution in [0.1, 0.15) is 0 Å². The molecule has 2 aromatic rings. The smallest absolute Gasteiger partial charge is 0.125 e. The van der Waals surface area contributed by atoms with Gasteiger partial charge in [0.05, 0.1) is 11.6 Å². The molecule has 1 aromatic heterocycles. The number of benzene rings is 1. The van der Waals surface area contributed by atoms with Crippen LogP contribution in [0.3, 0.4) is 0 Å². The molecule has 1 N–H and O–H groups in total. The molecule has 0 radical (unpaired) electrons. The first-order valence-electron chi connectivity index (χ1n) is 5.21. The first-order valence-corrected chi connectivity index (χ1v) is 5.21. The number of fused-ring (bicyclic) bond motifs is 1. The van der Waals surface area contributed by atoms with E-state index in [9.17, 15) is 9.50 Å². The molecule has 3 rings (SSSR count). The van der Waals surface area contributed by atoms with E-state index >= 15 is 0 Å². The molecule has 1 aliphatic rings. The van der Waals surface area contributed by atoms with Crippen LogP contribution in [0.5, 0.6) is 0 Å². The summed E-state index contributed by atoms with van der Waals surface area (Å²) >= 11 is 0. The van der Waals surface area contributed by atoms with Crippen molar-refractivity contribution in [1.82, 2.24) is 4.98 Å². The number of nitrogens with zero attached hydrogens (tertiary/aromatic N) is 2. The molecular formula is C12H11FN2O. The minimum absolute atomic E-state index is 0.247. The van der Waals surface area contributed by atoms with Crippen LogP contribution in [-0.2, 0) is 0 Å². The van der Waals surface area contributed by atoms with E-state index < -0.39 is 0 Å². The highest BCUT2D eigenvalue weighted by molar-refractivity contribution is 5.91. The second kappa shape index (κ2) is 3.42. The number of rotatable bonds is 1. The fourth-order valence-corrected chi connectivity index (χ4v) is 2.03. The van der Waals surface area contributed by atoms with Crippen LogP contribution in [0.25, 0.3) is 10.9 Å². The summed E-state index contributed by atoms with van der Waals surface area (Å²) in [6, 6.07) is 6.49. The van der Waals surface area contributed by atoms with Crippen molar-refractivity contribution < 1.29 is 9.50 Å². The van der Waals surface area contributed by atoms with Crippen LogP contribution in [0, 0.1) is 5.82 Å². The number of aliphatic hydroxyl groups excluding tert-OH is 1. The molecule has 1 fully saturated rings. The molecule has 3 nitrogen and oxygen atoms in total. The molecule has 2 heterocycles. The van der Waals surface area contributed by atoms with Crippen molar-refractivity contribution in [3.8, 4) is 0 Å². The molecule has 1 aromatic carbocycles. The summed E-state index contributed by atoms with van der Waals surface area (Å²) in [4.78, 5) is 6.20. The van der Waals surface area contributed by atoms with E-state index in [2.05, 4.69) is 9.88 Å². The molecule has 0 unspecified atom stereocenters. The lowest BCUT2D eigenvalue weighted by Crippen LogP contribution is -2.50. The SMILES string of the molecule is OC1CN(c2ccnc3cc(F)ccc23)C1. The highest BCUT2D eigenvalue weighted by Gasteiger charge is 2.25. The second-order valence-electron chi connectivity index (χ2n) is 4.05. The van der Waals surface area contributed by atoms with E-state index in [0.717, 1.165) is 11.1 Å². The summed E-state index contributed by atoms with van der Waals surface area (Å²) in [5.41, 5.74) is 1.66. The van der Waals surface area contributed by atoms with Crippen LogP contribution in [0.2, 0.25) is 0 Å². The summed E-state index contributed by atoms with van der Waals surface area (Å²) < 4.78 is 13.0. The Hall–Kier alpha value is -1.68. The number of aliphatic hydroxyl groups is 1. The Morgan fingerprint density at radius 1 is 1.31 bits per heavy atom. The van der Waals surface area contributed by atoms with Gasteiger partial charge in [0.25, 0.3) is 0 Å². The van der Waals surface area contributed by atoms with Gasteiger partial charge >= 0.3 is 0 Å². The van der Waals surface area contributed by atoms with Gasteiger partial charge in [-0.2, -0.15) is 0 Å². The molecule has 0 aliphatic carbocycles. The molecule has 82 valence electrons. The predicted molar refractivity (Wildman–Crippen MR) is 59.9 cm³/mol. The minimum atomic E-state index is -0.277. The van der Waals surface area contributed by atoms with E-state index in [1.807, 2.05) is 6.07 Å². The standard InChI is InChI=1S/C12H11FN2O/c13-8-1-2-10-11(5-8)14-4-3-12(10)15-6-9(16)7-15/h1-5,9,16H,6-7H2. The van der Waals surface area contributed by atoms with E-state index in [4.69, 9.17) is 0 Å². The maximum Gasteiger partial charge on any atom is 0.125 e. The van der Waals surface area contributed by atoms with Gasteiger partial charge in [0.1, 0.15) is 5.82 Å². The Labute approximate surface area is 92.1 Å². The van der Waals surface area contributed by atoms with Gasteiger partial charge in [-0.1, -0.05) is 0 Å². The number of anilines is 1. The van der Waals surface area contributed by atoms with Crippen molar-refractivity contribution in [2.24, 2.45) is 0 Å². The predicted octanol–water partition coefficient (Wildman–Crippen LogP) is 1.55. The second-order valence-corrected chi connectivity index (χ2v) is 4.05. The van der Waals surface area contributed by atoms with Gasteiger partial charge in [0.15, 0.2) is 0 Å². The molecule has 1 aliphatic heterocycles. The average molecular weight is 218 g/mol. The quantitative estimate of drug-likeness (QED) is 0.789. The van der Waals surface area contributed by atoms with Crippen molar-refractivity contribution in [3.05, 3.63) is 36.3 Å². The van der Waals surface area contributed by atoms with Crippen molar-refractivity contribution in [1.29, 1.82) is 0 Å². The molecule has 0 amide bonds. The molecule has 4 heteroatoms. The van der Waals surface area contributed by atoms with Gasteiger partial charge in [0, 0.05) is 36.4 Å². The normalized spacial score (nSPS) is 16.5. The summed E-state index contributed by atoms with van der Waals surface area (Å²) in [5.74, 6) is -0.277. The Kier molecular flexibility index (Phi) is 2.04. The Morgan fingerprint density at radius 3 is 2.88 bits per heavy atom. The number of hydrogen-bond donors (Lipinski definition) is 1. The summed E-state index contributed by atoms with van der Waals surface area (Å²) in [6.07, 6.45) is 1.42. The van der Waals surface area contributed by atoms with Crippen LogP contribution < -0.4 is 4.90 Å². The Morgan fingerprint density at radius 2 is 2.12 bits per heavy atom. The third-order valence-electron chi connectivity index (χ3n) is 2.88. The van der Waals surface area contributed by atoms with Crippen LogP contribution in [0.15, 0.2) is 30.5 Å². The zero-order valence-corrected chi connectivity index (χ0v) is 8.60. The van der Waals surface area contributed by atoms with Gasteiger partial charge in [0.2, 0.25) is 0 Å². The van der Waals surface area contributed by atoms with Gasteiger partial charge in [-0.05, 0) is 18.2 Å². The molecule has 0 saturated carbocycles. The fourth-order valence-electron chi connectivity index (χ4n) is 2.03. The largest absolute Gasteiger partial charge is 0.389 e. The molecule has 1 saturated heterocycles. The lowest BCUT2D eigenvalue weighted by Gasteiger charge is -2.38. The van der Waals surface area contributed by atoms with E-state index in [1.165, 1.54) is 12.1 Å². The lowest BCUT2D eigenvalue weighted by atomic mass is 10.1. The maximum atomic E-state index is 13.0. The van der Waals surface area contributed by atoms with E-state index in [-0.39, 0.29) is 11.9 Å². The summed E-state index contributed by atoms with van der Waals surface area (Å²) in [6.45, 7) is 1.27. The first-order chi connectivity index (χ1) is 7.74. The van der Waals surface area contributed by atoms with E-state index in [1.54, 1.807) is 12.3 Å². The molecule has 0 bridgehead atoms. The zero-order valence-electron chi connectivity index (χ0n) is 8.60. The molecule has 0 spiro atoms. The topological polar surface area (TPSA) is 36.4 Å². The van der Waals surface area contributed by atoms with Gasteiger partial charge in [-0.15, -0.1) is 0 Å². The third-order valence-corrected chi connectivity index (χ3v) is 2.88. The monoisotopic (exact) mass is 218 g/mol. The number of halogens is 1. The third kappa shape index (κ3) is 1.42. The number of β-amino-alcohol motifs (C(OH)–C–C–N with tert-alkyl or cyclic N) is 1. The average Bonchev–Trinajstić information content (AvgIpc) is 2.24. The van der Waals surface area contributed by atoms with Crippen molar-refractivity contribution in [2.45, 2.75) is 6.10 Å². The minimum Gasteiger partial charge on any atom is -0.389 e. The van der Waals surface area contributed by atoms with Crippen LogP contribution >= 0.6 is 0 Å². The maximum absolute atomic E-state index is 13.0. The summed E-state index contributed by atoms with van der Waals surface area (Å²) in [5, 5.41) is 10.2. The lowest BCUT2D eigenvalue weighted by molar-refractivity contribution is 0.142. The highest BCUT2D eigenvalue weighted by Crippen LogP contribution is 2.28. The van der Waals surface area contributed by atoms with Crippen LogP contribution in [-0.4, -0.2) is 29.3 Å². The molecule has 0 atom stereocenters. The van der Waals surface area contributed by atoms with Gasteiger partial charge in [-0.25, -0.2) is 4.39 Å².